The normalized spacial score (nSPS) is 10.7. The first-order valence-corrected chi connectivity index (χ1v) is 6.38. The quantitative estimate of drug-likeness (QED) is 0.890. The van der Waals surface area contributed by atoms with Crippen LogP contribution in [0.4, 0.5) is 0 Å². The number of rotatable bonds is 2. The van der Waals surface area contributed by atoms with Crippen LogP contribution in [-0.4, -0.2) is 26.0 Å². The number of aromatic carboxylic acids is 1. The Hall–Kier alpha value is -1.82. The molecule has 2 rings (SSSR count). The molecule has 0 fully saturated rings. The van der Waals surface area contributed by atoms with Gasteiger partial charge < -0.3 is 10.2 Å². The molecule has 0 atom stereocenters. The average molecular weight is 325 g/mol. The second-order valence-corrected chi connectivity index (χ2v) is 5.17. The van der Waals surface area contributed by atoms with E-state index in [-0.39, 0.29) is 11.4 Å². The zero-order valence-electron chi connectivity index (χ0n) is 10.7. The Balaban J connectivity index is 2.69. The lowest BCUT2D eigenvalue weighted by atomic mass is 10.0. The van der Waals surface area contributed by atoms with Crippen LogP contribution in [0.5, 0.6) is 5.75 Å². The summed E-state index contributed by atoms with van der Waals surface area (Å²) < 4.78 is 2.06. The molecule has 100 valence electrons. The van der Waals surface area contributed by atoms with E-state index in [0.29, 0.717) is 15.7 Å². The summed E-state index contributed by atoms with van der Waals surface area (Å²) in [6, 6.07) is 3.26. The van der Waals surface area contributed by atoms with Crippen molar-refractivity contribution in [1.29, 1.82) is 0 Å². The van der Waals surface area contributed by atoms with E-state index in [0.717, 1.165) is 11.1 Å². The van der Waals surface area contributed by atoms with Crippen molar-refractivity contribution in [3.63, 3.8) is 0 Å². The molecule has 1 aromatic heterocycles. The van der Waals surface area contributed by atoms with Gasteiger partial charge in [0.05, 0.1) is 10.2 Å². The molecule has 1 heterocycles. The van der Waals surface area contributed by atoms with E-state index in [1.165, 1.54) is 10.7 Å². The SMILES string of the molecule is Cc1cc(-c2cc(C(=O)O)nn2C)c(O)c(Br)c1C. The van der Waals surface area contributed by atoms with Gasteiger partial charge in [-0.25, -0.2) is 4.79 Å². The van der Waals surface area contributed by atoms with Crippen LogP contribution in [0.25, 0.3) is 11.3 Å². The van der Waals surface area contributed by atoms with Gasteiger partial charge in [0.15, 0.2) is 5.69 Å². The average Bonchev–Trinajstić information content (AvgIpc) is 2.73. The summed E-state index contributed by atoms with van der Waals surface area (Å²) in [5.41, 5.74) is 3.00. The van der Waals surface area contributed by atoms with E-state index < -0.39 is 5.97 Å². The molecule has 5 nitrogen and oxygen atoms in total. The molecule has 0 radical (unpaired) electrons. The summed E-state index contributed by atoms with van der Waals surface area (Å²) in [6.45, 7) is 3.83. The fraction of sp³-hybridized carbons (Fsp3) is 0.231. The Morgan fingerprint density at radius 1 is 1.37 bits per heavy atom. The fourth-order valence-corrected chi connectivity index (χ4v) is 2.41. The fourth-order valence-electron chi connectivity index (χ4n) is 1.88. The number of hydrogen-bond donors (Lipinski definition) is 2. The standard InChI is InChI=1S/C13H13BrN2O3/c1-6-4-8(12(17)11(14)7(6)2)10-5-9(13(18)19)15-16(10)3/h4-5,17H,1-3H3,(H,18,19). The molecule has 2 aromatic rings. The molecule has 0 unspecified atom stereocenters. The number of carboxylic acid groups (broad SMARTS) is 1. The van der Waals surface area contributed by atoms with Crippen molar-refractivity contribution >= 4 is 21.9 Å². The van der Waals surface area contributed by atoms with Crippen LogP contribution in [0.1, 0.15) is 21.6 Å². The summed E-state index contributed by atoms with van der Waals surface area (Å²) in [6.07, 6.45) is 0. The highest BCUT2D eigenvalue weighted by Crippen LogP contribution is 2.39. The van der Waals surface area contributed by atoms with Gasteiger partial charge in [-0.1, -0.05) is 0 Å². The molecule has 0 saturated heterocycles. The molecule has 0 aliphatic carbocycles. The zero-order valence-corrected chi connectivity index (χ0v) is 12.3. The topological polar surface area (TPSA) is 75.3 Å². The monoisotopic (exact) mass is 324 g/mol. The zero-order chi connectivity index (χ0) is 14.3. The Bertz CT molecular complexity index is 677. The molecule has 0 saturated carbocycles. The van der Waals surface area contributed by atoms with Gasteiger partial charge in [0, 0.05) is 12.6 Å². The van der Waals surface area contributed by atoms with Crippen LogP contribution in [-0.2, 0) is 7.05 Å². The molecule has 0 aliphatic rings. The van der Waals surface area contributed by atoms with E-state index in [4.69, 9.17) is 5.11 Å². The largest absolute Gasteiger partial charge is 0.506 e. The smallest absolute Gasteiger partial charge is 0.356 e. The summed E-state index contributed by atoms with van der Waals surface area (Å²) in [5, 5.41) is 23.0. The first-order valence-electron chi connectivity index (χ1n) is 5.59. The molecule has 6 heteroatoms. The second kappa shape index (κ2) is 4.70. The lowest BCUT2D eigenvalue weighted by Crippen LogP contribution is -1.99. The van der Waals surface area contributed by atoms with Crippen molar-refractivity contribution in [1.82, 2.24) is 9.78 Å². The number of phenols is 1. The van der Waals surface area contributed by atoms with Crippen molar-refractivity contribution in [3.05, 3.63) is 33.4 Å². The van der Waals surface area contributed by atoms with Gasteiger partial charge in [-0.05, 0) is 53.0 Å². The van der Waals surface area contributed by atoms with Crippen molar-refractivity contribution in [2.75, 3.05) is 0 Å². The highest BCUT2D eigenvalue weighted by Gasteiger charge is 2.18. The van der Waals surface area contributed by atoms with E-state index >= 15 is 0 Å². The summed E-state index contributed by atoms with van der Waals surface area (Å²) >= 11 is 3.34. The van der Waals surface area contributed by atoms with Crippen molar-refractivity contribution in [3.8, 4) is 17.0 Å². The minimum absolute atomic E-state index is 0.0498. The molecule has 2 N–H and O–H groups in total. The van der Waals surface area contributed by atoms with Crippen molar-refractivity contribution in [2.24, 2.45) is 7.05 Å². The number of aromatic hydroxyl groups is 1. The summed E-state index contributed by atoms with van der Waals surface area (Å²) in [5.74, 6) is -1.01. The number of aryl methyl sites for hydroxylation is 2. The van der Waals surface area contributed by atoms with Gasteiger partial charge in [-0.15, -0.1) is 0 Å². The number of carboxylic acids is 1. The Labute approximate surface area is 118 Å². The predicted octanol–water partition coefficient (Wildman–Crippen LogP) is 2.87. The maximum Gasteiger partial charge on any atom is 0.356 e. The maximum absolute atomic E-state index is 10.9. The van der Waals surface area contributed by atoms with Crippen molar-refractivity contribution < 1.29 is 15.0 Å². The number of hydrogen-bond acceptors (Lipinski definition) is 3. The number of carbonyl (C=O) groups is 1. The Morgan fingerprint density at radius 2 is 2.00 bits per heavy atom. The number of benzene rings is 1. The van der Waals surface area contributed by atoms with E-state index in [9.17, 15) is 9.90 Å². The van der Waals surface area contributed by atoms with Crippen LogP contribution in [0.15, 0.2) is 16.6 Å². The molecule has 0 aliphatic heterocycles. The van der Waals surface area contributed by atoms with E-state index in [2.05, 4.69) is 21.0 Å². The number of aromatic nitrogens is 2. The minimum Gasteiger partial charge on any atom is -0.506 e. The van der Waals surface area contributed by atoms with Crippen LogP contribution in [0, 0.1) is 13.8 Å². The van der Waals surface area contributed by atoms with E-state index in [1.54, 1.807) is 7.05 Å². The van der Waals surface area contributed by atoms with Gasteiger partial charge >= 0.3 is 5.97 Å². The Kier molecular flexibility index (Phi) is 3.36. The van der Waals surface area contributed by atoms with Crippen LogP contribution >= 0.6 is 15.9 Å². The highest BCUT2D eigenvalue weighted by molar-refractivity contribution is 9.10. The van der Waals surface area contributed by atoms with Gasteiger partial charge in [-0.2, -0.15) is 5.10 Å². The highest BCUT2D eigenvalue weighted by atomic mass is 79.9. The summed E-state index contributed by atoms with van der Waals surface area (Å²) in [4.78, 5) is 10.9. The molecule has 0 bridgehead atoms. The molecule has 1 aromatic carbocycles. The molecule has 0 spiro atoms. The third-order valence-corrected chi connectivity index (χ3v) is 4.09. The van der Waals surface area contributed by atoms with Gasteiger partial charge in [0.25, 0.3) is 0 Å². The van der Waals surface area contributed by atoms with Crippen LogP contribution in [0.2, 0.25) is 0 Å². The first-order chi connectivity index (χ1) is 8.82. The predicted molar refractivity (Wildman–Crippen MR) is 74.4 cm³/mol. The van der Waals surface area contributed by atoms with Crippen LogP contribution < -0.4 is 0 Å². The molecular formula is C13H13BrN2O3. The number of nitrogens with zero attached hydrogens (tertiary/aromatic N) is 2. The van der Waals surface area contributed by atoms with Gasteiger partial charge in [0.1, 0.15) is 5.75 Å². The van der Waals surface area contributed by atoms with Gasteiger partial charge in [0.2, 0.25) is 0 Å². The number of phenolic OH excluding ortho intramolecular Hbond substituents is 1. The molecule has 0 amide bonds. The summed E-state index contributed by atoms with van der Waals surface area (Å²) in [7, 11) is 1.64. The lowest BCUT2D eigenvalue weighted by molar-refractivity contribution is 0.0689. The first kappa shape index (κ1) is 13.6. The maximum atomic E-state index is 10.9. The van der Waals surface area contributed by atoms with Crippen molar-refractivity contribution in [2.45, 2.75) is 13.8 Å². The van der Waals surface area contributed by atoms with Crippen LogP contribution in [0.3, 0.4) is 0 Å². The second-order valence-electron chi connectivity index (χ2n) is 4.37. The third-order valence-electron chi connectivity index (χ3n) is 3.12. The van der Waals surface area contributed by atoms with E-state index in [1.807, 2.05) is 19.9 Å². The third kappa shape index (κ3) is 2.23. The molecular weight excluding hydrogens is 312 g/mol. The number of halogens is 1. The lowest BCUT2D eigenvalue weighted by Gasteiger charge is -2.11. The molecule has 19 heavy (non-hydrogen) atoms. The Morgan fingerprint density at radius 3 is 2.53 bits per heavy atom. The minimum atomic E-state index is -1.09. The van der Waals surface area contributed by atoms with Gasteiger partial charge in [-0.3, -0.25) is 4.68 Å².